The molecule has 0 amide bonds. The third-order valence-corrected chi connectivity index (χ3v) is 1.39. The van der Waals surface area contributed by atoms with E-state index < -0.39 is 22.7 Å². The zero-order valence-corrected chi connectivity index (χ0v) is 10.2. The molecule has 6 heteroatoms. The van der Waals surface area contributed by atoms with Crippen molar-refractivity contribution in [1.29, 1.82) is 0 Å². The molecular weight excluding hydrogens is 199 g/mol. The quantitative estimate of drug-likeness (QED) is 0.351. The number of hydrogen-bond donors (Lipinski definition) is 0. The summed E-state index contributed by atoms with van der Waals surface area (Å²) >= 11 is 0. The largest absolute Gasteiger partial charge is 1.00 e. The van der Waals surface area contributed by atoms with Crippen LogP contribution < -0.4 is 40.3 Å². The van der Waals surface area contributed by atoms with E-state index in [2.05, 4.69) is 4.42 Å². The van der Waals surface area contributed by atoms with Gasteiger partial charge in [-0.1, -0.05) is 5.75 Å². The van der Waals surface area contributed by atoms with Crippen LogP contribution in [0.1, 0.15) is 23.0 Å². The van der Waals surface area contributed by atoms with Gasteiger partial charge in [-0.05, 0) is 19.9 Å². The zero-order valence-electron chi connectivity index (χ0n) is 8.21. The van der Waals surface area contributed by atoms with Gasteiger partial charge in [0.25, 0.3) is 0 Å². The first-order valence-electron chi connectivity index (χ1n) is 3.35. The Hall–Kier alpha value is -0.620. The van der Waals surface area contributed by atoms with E-state index in [9.17, 15) is 14.7 Å². The molecule has 0 unspecified atom stereocenters. The van der Waals surface area contributed by atoms with Crippen LogP contribution in [0.2, 0.25) is 0 Å². The van der Waals surface area contributed by atoms with Gasteiger partial charge in [0.05, 0.1) is 5.56 Å². The summed E-state index contributed by atoms with van der Waals surface area (Å²) in [5.74, 6) is -0.917. The first-order chi connectivity index (χ1) is 5.52. The number of carbonyl (C=O) groups is 1. The number of carbonyl (C=O) groups excluding carboxylic acids is 1. The molecule has 0 saturated carbocycles. The van der Waals surface area contributed by atoms with Crippen molar-refractivity contribution >= 4 is 5.78 Å². The molecule has 1 heterocycles. The molecule has 0 bridgehead atoms. The Morgan fingerprint density at radius 2 is 2.00 bits per heavy atom. The van der Waals surface area contributed by atoms with Crippen LogP contribution in [-0.4, -0.2) is 11.3 Å². The predicted molar refractivity (Wildman–Crippen MR) is 42.8 cm³/mol. The second-order valence-electron chi connectivity index (χ2n) is 2.44. The minimum absolute atomic E-state index is 0. The van der Waals surface area contributed by atoms with Gasteiger partial charge in [0.15, 0.2) is 5.78 Å². The van der Waals surface area contributed by atoms with Crippen LogP contribution in [0.3, 0.4) is 0 Å². The van der Waals surface area contributed by atoms with Gasteiger partial charge in [-0.15, -0.1) is 0 Å². The molecule has 0 spiro atoms. The first-order valence-corrected chi connectivity index (χ1v) is 3.35. The monoisotopic (exact) mass is 208 g/mol. The first kappa shape index (κ1) is 15.8. The van der Waals surface area contributed by atoms with Gasteiger partial charge in [-0.2, -0.15) is 0 Å². The molecular formula is C8H9NaO5. The number of hydrogen-bond acceptors (Lipinski definition) is 4. The summed E-state index contributed by atoms with van der Waals surface area (Å²) < 4.78 is 4.57. The minimum atomic E-state index is -0.854. The summed E-state index contributed by atoms with van der Waals surface area (Å²) in [4.78, 5) is 21.7. The van der Waals surface area contributed by atoms with Crippen molar-refractivity contribution in [2.75, 3.05) is 0 Å². The van der Waals surface area contributed by atoms with E-state index in [0.29, 0.717) is 0 Å². The Labute approximate surface area is 102 Å². The van der Waals surface area contributed by atoms with Crippen LogP contribution in [0.5, 0.6) is 5.75 Å². The van der Waals surface area contributed by atoms with Crippen molar-refractivity contribution in [1.82, 2.24) is 0 Å². The fourth-order valence-corrected chi connectivity index (χ4v) is 0.901. The Bertz CT molecular complexity index is 382. The standard InChI is InChI=1S/C8H8O4.Na.H2O/c1-4-3-6(10)7(5(2)9)8(11)12-4;;/h3,10H,1-2H3;;1H2/q;+1;/p-1. The van der Waals surface area contributed by atoms with Crippen molar-refractivity contribution in [2.24, 2.45) is 0 Å². The fraction of sp³-hybridized carbons (Fsp3) is 0.250. The zero-order chi connectivity index (χ0) is 9.30. The maximum atomic E-state index is 11.0. The van der Waals surface area contributed by atoms with Crippen molar-refractivity contribution in [3.63, 3.8) is 0 Å². The smallest absolute Gasteiger partial charge is 0.872 e. The van der Waals surface area contributed by atoms with Crippen LogP contribution in [0.4, 0.5) is 0 Å². The van der Waals surface area contributed by atoms with Crippen LogP contribution in [-0.2, 0) is 0 Å². The molecule has 1 aromatic rings. The summed E-state index contributed by atoms with van der Waals surface area (Å²) in [7, 11) is 0. The molecule has 1 rings (SSSR count). The van der Waals surface area contributed by atoms with Gasteiger partial charge < -0.3 is 15.0 Å². The number of rotatable bonds is 1. The number of aryl methyl sites for hydroxylation is 1. The normalized spacial score (nSPS) is 8.43. The Kier molecular flexibility index (Phi) is 6.76. The van der Waals surface area contributed by atoms with E-state index in [1.54, 1.807) is 0 Å². The summed E-state index contributed by atoms with van der Waals surface area (Å²) in [6, 6.07) is 1.12. The molecule has 0 aromatic carbocycles. The third kappa shape index (κ3) is 3.26. The molecule has 0 aliphatic rings. The maximum Gasteiger partial charge on any atom is 1.00 e. The van der Waals surface area contributed by atoms with Crippen molar-refractivity contribution in [2.45, 2.75) is 13.8 Å². The average Bonchev–Trinajstić information content (AvgIpc) is 1.82. The van der Waals surface area contributed by atoms with E-state index in [0.717, 1.165) is 13.0 Å². The summed E-state index contributed by atoms with van der Waals surface area (Å²) in [5.41, 5.74) is -1.26. The van der Waals surface area contributed by atoms with Gasteiger partial charge in [0, 0.05) is 0 Å². The Morgan fingerprint density at radius 3 is 2.36 bits per heavy atom. The third-order valence-electron chi connectivity index (χ3n) is 1.39. The molecule has 0 fully saturated rings. The molecule has 0 radical (unpaired) electrons. The van der Waals surface area contributed by atoms with Crippen LogP contribution in [0.15, 0.2) is 15.3 Å². The van der Waals surface area contributed by atoms with Gasteiger partial charge in [0.1, 0.15) is 5.76 Å². The summed E-state index contributed by atoms with van der Waals surface area (Å²) in [5, 5.41) is 11.0. The topological polar surface area (TPSA) is 102 Å². The SMILES string of the molecule is CC(=O)c1c([O-])cc(C)oc1=O.O.[Na+]. The van der Waals surface area contributed by atoms with E-state index in [1.807, 2.05) is 0 Å². The van der Waals surface area contributed by atoms with Gasteiger partial charge in [0.2, 0.25) is 0 Å². The van der Waals surface area contributed by atoms with Gasteiger partial charge >= 0.3 is 35.2 Å². The molecule has 5 nitrogen and oxygen atoms in total. The van der Waals surface area contributed by atoms with Crippen molar-refractivity contribution in [3.05, 3.63) is 27.8 Å². The second kappa shape index (κ2) is 5.98. The van der Waals surface area contributed by atoms with Crippen LogP contribution >= 0.6 is 0 Å². The van der Waals surface area contributed by atoms with Crippen molar-refractivity contribution in [3.8, 4) is 5.75 Å². The molecule has 0 aliphatic heterocycles. The minimum Gasteiger partial charge on any atom is -0.872 e. The molecule has 0 aliphatic carbocycles. The van der Waals surface area contributed by atoms with Crippen LogP contribution in [0.25, 0.3) is 0 Å². The second-order valence-corrected chi connectivity index (χ2v) is 2.44. The average molecular weight is 208 g/mol. The molecule has 1 aromatic heterocycles. The number of ketones is 1. The van der Waals surface area contributed by atoms with E-state index in [4.69, 9.17) is 0 Å². The molecule has 0 saturated heterocycles. The van der Waals surface area contributed by atoms with E-state index in [1.165, 1.54) is 6.92 Å². The Morgan fingerprint density at radius 1 is 1.50 bits per heavy atom. The fourth-order valence-electron chi connectivity index (χ4n) is 0.901. The summed E-state index contributed by atoms with van der Waals surface area (Å²) in [6.45, 7) is 2.63. The van der Waals surface area contributed by atoms with Crippen LogP contribution in [0, 0.1) is 6.92 Å². The number of Topliss-reactive ketones (excluding diaryl/α,β-unsaturated/α-hetero) is 1. The molecule has 0 atom stereocenters. The van der Waals surface area contributed by atoms with Gasteiger partial charge in [-0.25, -0.2) is 4.79 Å². The summed E-state index contributed by atoms with van der Waals surface area (Å²) in [6.07, 6.45) is 0. The van der Waals surface area contributed by atoms with E-state index >= 15 is 0 Å². The molecule has 14 heavy (non-hydrogen) atoms. The molecule has 2 N–H and O–H groups in total. The van der Waals surface area contributed by atoms with Gasteiger partial charge in [-0.3, -0.25) is 4.79 Å². The van der Waals surface area contributed by atoms with Crippen molar-refractivity contribution < 1.29 is 49.4 Å². The predicted octanol–water partition coefficient (Wildman–Crippen LogP) is -3.60. The Balaban J connectivity index is 0. The maximum absolute atomic E-state index is 11.0. The van der Waals surface area contributed by atoms with E-state index in [-0.39, 0.29) is 40.8 Å². The molecule has 72 valence electrons.